The highest BCUT2D eigenvalue weighted by molar-refractivity contribution is 14.1. The number of halogens is 1. The van der Waals surface area contributed by atoms with E-state index in [1.807, 2.05) is 22.6 Å². The maximum Gasteiger partial charge on any atom is 0.269 e. The van der Waals surface area contributed by atoms with Crippen LogP contribution in [-0.2, 0) is 0 Å². The van der Waals surface area contributed by atoms with Crippen molar-refractivity contribution < 1.29 is 19.2 Å². The van der Waals surface area contributed by atoms with Gasteiger partial charge in [-0.15, -0.1) is 0 Å². The van der Waals surface area contributed by atoms with Gasteiger partial charge < -0.3 is 14.8 Å². The lowest BCUT2D eigenvalue weighted by atomic mass is 10.1. The van der Waals surface area contributed by atoms with E-state index in [0.29, 0.717) is 26.2 Å². The zero-order chi connectivity index (χ0) is 18.6. The number of rotatable bonds is 6. The van der Waals surface area contributed by atoms with E-state index in [-0.39, 0.29) is 11.6 Å². The molecule has 0 radical (unpaired) electrons. The fourth-order valence-corrected chi connectivity index (χ4v) is 2.98. The molecule has 0 aliphatic rings. The molecule has 1 amide bonds. The molecule has 0 aromatic heterocycles. The Kier molecular flexibility index (Phi) is 6.18. The Labute approximate surface area is 158 Å². The third-order valence-electron chi connectivity index (χ3n) is 3.65. The van der Waals surface area contributed by atoms with Gasteiger partial charge in [0.25, 0.3) is 11.6 Å². The Hall–Kier alpha value is -2.36. The van der Waals surface area contributed by atoms with Crippen molar-refractivity contribution >= 4 is 34.2 Å². The summed E-state index contributed by atoms with van der Waals surface area (Å²) in [4.78, 5) is 23.0. The zero-order valence-electron chi connectivity index (χ0n) is 13.9. The molecule has 0 aliphatic heterocycles. The largest absolute Gasteiger partial charge is 0.493 e. The first-order valence-corrected chi connectivity index (χ1v) is 8.42. The average Bonchev–Trinajstić information content (AvgIpc) is 2.61. The molecule has 0 saturated carbocycles. The van der Waals surface area contributed by atoms with Crippen molar-refractivity contribution in [3.05, 3.63) is 61.2 Å². The van der Waals surface area contributed by atoms with Gasteiger partial charge in [0.1, 0.15) is 0 Å². The van der Waals surface area contributed by atoms with E-state index in [9.17, 15) is 14.9 Å². The van der Waals surface area contributed by atoms with Crippen molar-refractivity contribution in [2.24, 2.45) is 0 Å². The molecular formula is C17H17IN2O5. The number of hydrogen-bond acceptors (Lipinski definition) is 5. The SMILES string of the molecule is COc1cc(I)c(C(=O)NC(C)c2cccc([N+](=O)[O-])c2)cc1OC. The Morgan fingerprint density at radius 1 is 1.20 bits per heavy atom. The third kappa shape index (κ3) is 4.38. The summed E-state index contributed by atoms with van der Waals surface area (Å²) in [6, 6.07) is 9.12. The van der Waals surface area contributed by atoms with E-state index in [4.69, 9.17) is 9.47 Å². The minimum absolute atomic E-state index is 0.0145. The lowest BCUT2D eigenvalue weighted by Gasteiger charge is -2.16. The van der Waals surface area contributed by atoms with Gasteiger partial charge in [-0.05, 0) is 47.2 Å². The second-order valence-corrected chi connectivity index (χ2v) is 6.40. The van der Waals surface area contributed by atoms with Crippen LogP contribution in [-0.4, -0.2) is 25.1 Å². The van der Waals surface area contributed by atoms with Gasteiger partial charge in [0, 0.05) is 15.7 Å². The Bertz CT molecular complexity index is 810. The van der Waals surface area contributed by atoms with Crippen molar-refractivity contribution in [2.45, 2.75) is 13.0 Å². The first-order valence-electron chi connectivity index (χ1n) is 7.34. The second-order valence-electron chi connectivity index (χ2n) is 5.23. The molecule has 0 aliphatic carbocycles. The third-order valence-corrected chi connectivity index (χ3v) is 4.54. The number of nitro benzene ring substituents is 1. The highest BCUT2D eigenvalue weighted by atomic mass is 127. The number of carbonyl (C=O) groups is 1. The molecule has 0 fully saturated rings. The van der Waals surface area contributed by atoms with Crippen molar-refractivity contribution in [1.29, 1.82) is 0 Å². The molecule has 0 spiro atoms. The van der Waals surface area contributed by atoms with Crippen molar-refractivity contribution in [3.63, 3.8) is 0 Å². The molecule has 1 unspecified atom stereocenters. The number of carbonyl (C=O) groups excluding carboxylic acids is 1. The maximum absolute atomic E-state index is 12.6. The lowest BCUT2D eigenvalue weighted by Crippen LogP contribution is -2.27. The fourth-order valence-electron chi connectivity index (χ4n) is 2.29. The van der Waals surface area contributed by atoms with Crippen LogP contribution in [0.3, 0.4) is 0 Å². The van der Waals surface area contributed by atoms with Gasteiger partial charge in [0.2, 0.25) is 0 Å². The number of nitrogens with one attached hydrogen (secondary N) is 1. The van der Waals surface area contributed by atoms with Crippen LogP contribution in [0.2, 0.25) is 0 Å². The van der Waals surface area contributed by atoms with E-state index in [1.54, 1.807) is 31.2 Å². The molecule has 132 valence electrons. The van der Waals surface area contributed by atoms with Crippen LogP contribution in [0.4, 0.5) is 5.69 Å². The molecule has 0 heterocycles. The van der Waals surface area contributed by atoms with Crippen molar-refractivity contribution in [3.8, 4) is 11.5 Å². The number of benzene rings is 2. The Morgan fingerprint density at radius 3 is 2.44 bits per heavy atom. The van der Waals surface area contributed by atoms with Gasteiger partial charge in [0.05, 0.1) is 30.7 Å². The van der Waals surface area contributed by atoms with E-state index < -0.39 is 11.0 Å². The van der Waals surface area contributed by atoms with Crippen LogP contribution in [0.25, 0.3) is 0 Å². The number of ether oxygens (including phenoxy) is 2. The monoisotopic (exact) mass is 456 g/mol. The van der Waals surface area contributed by atoms with Crippen LogP contribution in [0.15, 0.2) is 36.4 Å². The minimum atomic E-state index is -0.463. The molecule has 7 nitrogen and oxygen atoms in total. The van der Waals surface area contributed by atoms with Crippen molar-refractivity contribution in [2.75, 3.05) is 14.2 Å². The first kappa shape index (κ1) is 19.0. The summed E-state index contributed by atoms with van der Waals surface area (Å²) in [5, 5.41) is 13.7. The number of amides is 1. The maximum atomic E-state index is 12.6. The lowest BCUT2D eigenvalue weighted by molar-refractivity contribution is -0.384. The molecule has 2 rings (SSSR count). The van der Waals surface area contributed by atoms with Crippen LogP contribution >= 0.6 is 22.6 Å². The number of hydrogen-bond donors (Lipinski definition) is 1. The smallest absolute Gasteiger partial charge is 0.269 e. The normalized spacial score (nSPS) is 11.5. The summed E-state index contributed by atoms with van der Waals surface area (Å²) in [5.41, 5.74) is 1.08. The number of methoxy groups -OCH3 is 2. The molecule has 0 bridgehead atoms. The molecule has 8 heteroatoms. The molecule has 2 aromatic carbocycles. The second kappa shape index (κ2) is 8.15. The number of nitro groups is 1. The van der Waals surface area contributed by atoms with Gasteiger partial charge in [-0.1, -0.05) is 12.1 Å². The first-order chi connectivity index (χ1) is 11.9. The standard InChI is InChI=1S/C17H17IN2O5/c1-10(11-5-4-6-12(7-11)20(22)23)19-17(21)13-8-15(24-2)16(25-3)9-14(13)18/h4-10H,1-3H3,(H,19,21). The van der Waals surface area contributed by atoms with E-state index >= 15 is 0 Å². The summed E-state index contributed by atoms with van der Waals surface area (Å²) < 4.78 is 11.2. The zero-order valence-corrected chi connectivity index (χ0v) is 16.1. The van der Waals surface area contributed by atoms with Crippen molar-refractivity contribution in [1.82, 2.24) is 5.32 Å². The Balaban J connectivity index is 2.24. The van der Waals surface area contributed by atoms with Crippen LogP contribution < -0.4 is 14.8 Å². The quantitative estimate of drug-likeness (QED) is 0.407. The predicted molar refractivity (Wildman–Crippen MR) is 101 cm³/mol. The van der Waals surface area contributed by atoms with Gasteiger partial charge in [-0.25, -0.2) is 0 Å². The number of non-ortho nitro benzene ring substituents is 1. The fraction of sp³-hybridized carbons (Fsp3) is 0.235. The molecule has 25 heavy (non-hydrogen) atoms. The predicted octanol–water partition coefficient (Wildman–Crippen LogP) is 3.71. The summed E-state index contributed by atoms with van der Waals surface area (Å²) >= 11 is 2.05. The summed E-state index contributed by atoms with van der Waals surface area (Å²) in [6.45, 7) is 1.77. The average molecular weight is 456 g/mol. The van der Waals surface area contributed by atoms with E-state index in [0.717, 1.165) is 0 Å². The van der Waals surface area contributed by atoms with E-state index in [1.165, 1.54) is 26.4 Å². The van der Waals surface area contributed by atoms with Gasteiger partial charge in [-0.3, -0.25) is 14.9 Å². The van der Waals surface area contributed by atoms with E-state index in [2.05, 4.69) is 5.32 Å². The molecule has 1 N–H and O–H groups in total. The summed E-state index contributed by atoms with van der Waals surface area (Å²) in [7, 11) is 3.02. The molecule has 1 atom stereocenters. The topological polar surface area (TPSA) is 90.7 Å². The van der Waals surface area contributed by atoms with Crippen LogP contribution in [0, 0.1) is 13.7 Å². The summed E-state index contributed by atoms with van der Waals surface area (Å²) in [5.74, 6) is 0.690. The highest BCUT2D eigenvalue weighted by Crippen LogP contribution is 2.31. The molecule has 2 aromatic rings. The molecule has 0 saturated heterocycles. The van der Waals surface area contributed by atoms with Gasteiger partial charge in [0.15, 0.2) is 11.5 Å². The highest BCUT2D eigenvalue weighted by Gasteiger charge is 2.18. The van der Waals surface area contributed by atoms with Gasteiger partial charge in [-0.2, -0.15) is 0 Å². The Morgan fingerprint density at radius 2 is 1.84 bits per heavy atom. The molecular weight excluding hydrogens is 439 g/mol. The van der Waals surface area contributed by atoms with Gasteiger partial charge >= 0.3 is 0 Å². The summed E-state index contributed by atoms with van der Waals surface area (Å²) in [6.07, 6.45) is 0. The van der Waals surface area contributed by atoms with Crippen LogP contribution in [0.5, 0.6) is 11.5 Å². The minimum Gasteiger partial charge on any atom is -0.493 e. The van der Waals surface area contributed by atoms with Crippen LogP contribution in [0.1, 0.15) is 28.9 Å². The number of nitrogens with zero attached hydrogens (tertiary/aromatic N) is 1.